The average Bonchev–Trinajstić information content (AvgIpc) is 2.48. The number of nitrogens with zero attached hydrogens (tertiary/aromatic N) is 2. The third kappa shape index (κ3) is 2.82. The maximum atomic E-state index is 11.1. The molecule has 0 aliphatic carbocycles. The van der Waals surface area contributed by atoms with E-state index in [9.17, 15) is 8.42 Å². The molecule has 0 aliphatic rings. The summed E-state index contributed by atoms with van der Waals surface area (Å²) in [7, 11) is -1.33. The van der Waals surface area contributed by atoms with Gasteiger partial charge in [0.25, 0.3) is 0 Å². The zero-order valence-corrected chi connectivity index (χ0v) is 8.50. The number of sulfonamides is 1. The van der Waals surface area contributed by atoms with Crippen molar-refractivity contribution in [2.75, 3.05) is 5.75 Å². The van der Waals surface area contributed by atoms with E-state index in [1.54, 1.807) is 30.9 Å². The molecule has 1 N–H and O–H groups in total. The van der Waals surface area contributed by atoms with Crippen LogP contribution in [0.15, 0.2) is 12.3 Å². The predicted octanol–water partition coefficient (Wildman–Crippen LogP) is -0.141. The third-order valence-electron chi connectivity index (χ3n) is 1.78. The SMILES string of the molecule is CCS(=O)(=O)NCc1ccnn1C. The number of aromatic nitrogens is 2. The van der Waals surface area contributed by atoms with E-state index in [4.69, 9.17) is 0 Å². The van der Waals surface area contributed by atoms with Crippen molar-refractivity contribution >= 4 is 10.0 Å². The van der Waals surface area contributed by atoms with Gasteiger partial charge in [-0.2, -0.15) is 5.10 Å². The van der Waals surface area contributed by atoms with Crippen LogP contribution in [0.4, 0.5) is 0 Å². The Bertz CT molecular complexity index is 369. The monoisotopic (exact) mass is 203 g/mol. The minimum atomic E-state index is -3.10. The first-order valence-electron chi connectivity index (χ1n) is 3.99. The lowest BCUT2D eigenvalue weighted by Crippen LogP contribution is -2.25. The molecule has 0 unspecified atom stereocenters. The molecule has 13 heavy (non-hydrogen) atoms. The summed E-state index contributed by atoms with van der Waals surface area (Å²) in [4.78, 5) is 0. The Morgan fingerprint density at radius 3 is 2.77 bits per heavy atom. The summed E-state index contributed by atoms with van der Waals surface area (Å²) in [5, 5.41) is 3.92. The molecule has 1 rings (SSSR count). The van der Waals surface area contributed by atoms with Gasteiger partial charge in [-0.3, -0.25) is 4.68 Å². The Labute approximate surface area is 77.8 Å². The normalized spacial score (nSPS) is 11.8. The summed E-state index contributed by atoms with van der Waals surface area (Å²) >= 11 is 0. The number of rotatable bonds is 4. The van der Waals surface area contributed by atoms with Gasteiger partial charge < -0.3 is 0 Å². The summed E-state index contributed by atoms with van der Waals surface area (Å²) < 4.78 is 26.2. The third-order valence-corrected chi connectivity index (χ3v) is 3.12. The number of hydrogen-bond donors (Lipinski definition) is 1. The lowest BCUT2D eigenvalue weighted by molar-refractivity contribution is 0.578. The molecule has 0 saturated carbocycles. The maximum absolute atomic E-state index is 11.1. The van der Waals surface area contributed by atoms with Gasteiger partial charge in [-0.25, -0.2) is 13.1 Å². The molecule has 0 bridgehead atoms. The maximum Gasteiger partial charge on any atom is 0.211 e. The van der Waals surface area contributed by atoms with Crippen molar-refractivity contribution in [3.63, 3.8) is 0 Å². The molecule has 74 valence electrons. The molecule has 1 aromatic heterocycles. The van der Waals surface area contributed by atoms with Crippen molar-refractivity contribution in [3.05, 3.63) is 18.0 Å². The average molecular weight is 203 g/mol. The van der Waals surface area contributed by atoms with Crippen molar-refractivity contribution in [2.24, 2.45) is 7.05 Å². The van der Waals surface area contributed by atoms with Gasteiger partial charge in [-0.15, -0.1) is 0 Å². The smallest absolute Gasteiger partial charge is 0.211 e. The van der Waals surface area contributed by atoms with Crippen LogP contribution in [0, 0.1) is 0 Å². The minimum Gasteiger partial charge on any atom is -0.271 e. The van der Waals surface area contributed by atoms with Crippen LogP contribution in [-0.2, 0) is 23.6 Å². The topological polar surface area (TPSA) is 64.0 Å². The van der Waals surface area contributed by atoms with Crippen molar-refractivity contribution in [3.8, 4) is 0 Å². The first-order chi connectivity index (χ1) is 6.05. The molecule has 6 heteroatoms. The van der Waals surface area contributed by atoms with Gasteiger partial charge in [0.15, 0.2) is 0 Å². The largest absolute Gasteiger partial charge is 0.271 e. The summed E-state index contributed by atoms with van der Waals surface area (Å²) in [6.07, 6.45) is 1.63. The van der Waals surface area contributed by atoms with Crippen LogP contribution in [0.3, 0.4) is 0 Å². The van der Waals surface area contributed by atoms with Crippen molar-refractivity contribution in [2.45, 2.75) is 13.5 Å². The quantitative estimate of drug-likeness (QED) is 0.740. The second kappa shape index (κ2) is 3.89. The summed E-state index contributed by atoms with van der Waals surface area (Å²) in [5.41, 5.74) is 0.844. The van der Waals surface area contributed by atoms with E-state index in [1.807, 2.05) is 0 Å². The van der Waals surface area contributed by atoms with Crippen LogP contribution >= 0.6 is 0 Å². The lowest BCUT2D eigenvalue weighted by Gasteiger charge is -2.03. The van der Waals surface area contributed by atoms with Crippen LogP contribution < -0.4 is 4.72 Å². The second-order valence-corrected chi connectivity index (χ2v) is 4.77. The fourth-order valence-corrected chi connectivity index (χ4v) is 1.43. The molecule has 0 saturated heterocycles. The summed E-state index contributed by atoms with van der Waals surface area (Å²) in [5.74, 6) is 0.102. The molecule has 1 aromatic rings. The molecular weight excluding hydrogens is 190 g/mol. The molecule has 0 spiro atoms. The van der Waals surface area contributed by atoms with E-state index >= 15 is 0 Å². The first kappa shape index (κ1) is 10.2. The van der Waals surface area contributed by atoms with Crippen molar-refractivity contribution < 1.29 is 8.42 Å². The van der Waals surface area contributed by atoms with Gasteiger partial charge in [0.1, 0.15) is 0 Å². The Morgan fingerprint density at radius 2 is 2.31 bits per heavy atom. The van der Waals surface area contributed by atoms with Gasteiger partial charge in [0.05, 0.1) is 18.0 Å². The lowest BCUT2D eigenvalue weighted by atomic mass is 10.4. The highest BCUT2D eigenvalue weighted by atomic mass is 32.2. The van der Waals surface area contributed by atoms with E-state index < -0.39 is 10.0 Å². The molecule has 1 heterocycles. The van der Waals surface area contributed by atoms with Crippen LogP contribution in [0.5, 0.6) is 0 Å². The summed E-state index contributed by atoms with van der Waals surface area (Å²) in [6, 6.07) is 1.78. The molecule has 0 amide bonds. The minimum absolute atomic E-state index is 0.102. The van der Waals surface area contributed by atoms with Gasteiger partial charge in [0, 0.05) is 13.2 Å². The molecule has 0 fully saturated rings. The second-order valence-electron chi connectivity index (χ2n) is 2.67. The molecular formula is C7H13N3O2S. The Kier molecular flexibility index (Phi) is 3.05. The highest BCUT2D eigenvalue weighted by molar-refractivity contribution is 7.89. The van der Waals surface area contributed by atoms with Crippen molar-refractivity contribution in [1.29, 1.82) is 0 Å². The molecule has 0 radical (unpaired) electrons. The fraction of sp³-hybridized carbons (Fsp3) is 0.571. The highest BCUT2D eigenvalue weighted by Gasteiger charge is 2.06. The fourth-order valence-electron chi connectivity index (χ4n) is 0.861. The van der Waals surface area contributed by atoms with Crippen LogP contribution in [0.2, 0.25) is 0 Å². The molecule has 0 aromatic carbocycles. The van der Waals surface area contributed by atoms with Crippen molar-refractivity contribution in [1.82, 2.24) is 14.5 Å². The summed E-state index contributed by atoms with van der Waals surface area (Å²) in [6.45, 7) is 1.90. The first-order valence-corrected chi connectivity index (χ1v) is 5.64. The zero-order valence-electron chi connectivity index (χ0n) is 7.69. The standard InChI is InChI=1S/C7H13N3O2S/c1-3-13(11,12)9-6-7-4-5-8-10(7)2/h4-5,9H,3,6H2,1-2H3. The number of aryl methyl sites for hydroxylation is 1. The zero-order chi connectivity index (χ0) is 9.90. The Balaban J connectivity index is 2.58. The van der Waals surface area contributed by atoms with E-state index in [0.29, 0.717) is 6.54 Å². The Morgan fingerprint density at radius 1 is 1.62 bits per heavy atom. The Hall–Kier alpha value is -0.880. The van der Waals surface area contributed by atoms with Crippen LogP contribution in [0.25, 0.3) is 0 Å². The number of hydrogen-bond acceptors (Lipinski definition) is 3. The van der Waals surface area contributed by atoms with E-state index in [1.165, 1.54) is 0 Å². The van der Waals surface area contributed by atoms with Gasteiger partial charge >= 0.3 is 0 Å². The predicted molar refractivity (Wildman–Crippen MR) is 49.5 cm³/mol. The van der Waals surface area contributed by atoms with Gasteiger partial charge in [-0.1, -0.05) is 0 Å². The van der Waals surface area contributed by atoms with E-state index in [-0.39, 0.29) is 5.75 Å². The van der Waals surface area contributed by atoms with E-state index in [0.717, 1.165) is 5.69 Å². The van der Waals surface area contributed by atoms with Gasteiger partial charge in [-0.05, 0) is 13.0 Å². The number of nitrogens with one attached hydrogen (secondary N) is 1. The highest BCUT2D eigenvalue weighted by Crippen LogP contribution is 1.96. The van der Waals surface area contributed by atoms with Gasteiger partial charge in [0.2, 0.25) is 10.0 Å². The molecule has 5 nitrogen and oxygen atoms in total. The van der Waals surface area contributed by atoms with Crippen LogP contribution in [-0.4, -0.2) is 24.0 Å². The molecule has 0 atom stereocenters. The van der Waals surface area contributed by atoms with Crippen LogP contribution in [0.1, 0.15) is 12.6 Å². The molecule has 0 aliphatic heterocycles. The van der Waals surface area contributed by atoms with E-state index in [2.05, 4.69) is 9.82 Å².